The van der Waals surface area contributed by atoms with Gasteiger partial charge in [-0.05, 0) is 37.0 Å². The molecular formula is C15H23N3O. The third kappa shape index (κ3) is 2.73. The Balaban J connectivity index is 2.52. The van der Waals surface area contributed by atoms with Crippen molar-refractivity contribution in [2.24, 2.45) is 11.8 Å². The third-order valence-electron chi connectivity index (χ3n) is 3.78. The van der Waals surface area contributed by atoms with E-state index in [9.17, 15) is 5.11 Å². The number of hydrogen-bond donors (Lipinski definition) is 2. The fourth-order valence-electron chi connectivity index (χ4n) is 2.18. The molecule has 2 rings (SSSR count). The van der Waals surface area contributed by atoms with Gasteiger partial charge in [0, 0.05) is 12.2 Å². The molecule has 3 N–H and O–H groups in total. The van der Waals surface area contributed by atoms with Crippen LogP contribution in [0.3, 0.4) is 0 Å². The van der Waals surface area contributed by atoms with Gasteiger partial charge in [-0.1, -0.05) is 20.8 Å². The Hall–Kier alpha value is -1.55. The van der Waals surface area contributed by atoms with Crippen LogP contribution in [0.25, 0.3) is 11.0 Å². The second-order valence-electron chi connectivity index (χ2n) is 5.73. The minimum atomic E-state index is -0.576. The summed E-state index contributed by atoms with van der Waals surface area (Å²) in [6.45, 7) is 9.26. The first kappa shape index (κ1) is 13.9. The first-order chi connectivity index (χ1) is 8.90. The smallest absolute Gasteiger partial charge is 0.138 e. The van der Waals surface area contributed by atoms with Gasteiger partial charge in [0.15, 0.2) is 0 Å². The average Bonchev–Trinajstić information content (AvgIpc) is 2.67. The first-order valence-electron chi connectivity index (χ1n) is 6.84. The van der Waals surface area contributed by atoms with Crippen molar-refractivity contribution in [3.63, 3.8) is 0 Å². The Bertz CT molecular complexity index is 572. The molecule has 0 saturated carbocycles. The maximum Gasteiger partial charge on any atom is 0.138 e. The molecule has 2 aromatic rings. The molecular weight excluding hydrogens is 238 g/mol. The number of benzene rings is 1. The number of aromatic nitrogens is 2. The number of imidazole rings is 1. The Morgan fingerprint density at radius 3 is 2.53 bits per heavy atom. The van der Waals surface area contributed by atoms with Gasteiger partial charge in [0.1, 0.15) is 11.9 Å². The van der Waals surface area contributed by atoms with Crippen molar-refractivity contribution in [1.82, 2.24) is 9.55 Å². The van der Waals surface area contributed by atoms with Gasteiger partial charge in [-0.25, -0.2) is 4.98 Å². The molecule has 0 aliphatic heterocycles. The van der Waals surface area contributed by atoms with Gasteiger partial charge in [0.2, 0.25) is 0 Å². The van der Waals surface area contributed by atoms with E-state index in [-0.39, 0.29) is 0 Å². The SMILES string of the molecule is CC(O)c1nc2cc(N)ccc2n1CC(C)C(C)C. The number of aliphatic hydroxyl groups is 1. The molecule has 0 aliphatic rings. The Labute approximate surface area is 114 Å². The molecule has 0 amide bonds. The molecule has 0 aliphatic carbocycles. The summed E-state index contributed by atoms with van der Waals surface area (Å²) in [6, 6.07) is 5.72. The maximum atomic E-state index is 9.91. The number of rotatable bonds is 4. The van der Waals surface area contributed by atoms with Crippen LogP contribution in [0.15, 0.2) is 18.2 Å². The van der Waals surface area contributed by atoms with Gasteiger partial charge in [-0.3, -0.25) is 0 Å². The maximum absolute atomic E-state index is 9.91. The van der Waals surface area contributed by atoms with E-state index >= 15 is 0 Å². The van der Waals surface area contributed by atoms with Crippen LogP contribution in [0.1, 0.15) is 39.6 Å². The van der Waals surface area contributed by atoms with E-state index in [1.165, 1.54) is 0 Å². The van der Waals surface area contributed by atoms with E-state index in [2.05, 4.69) is 30.3 Å². The molecule has 19 heavy (non-hydrogen) atoms. The van der Waals surface area contributed by atoms with Crippen LogP contribution >= 0.6 is 0 Å². The summed E-state index contributed by atoms with van der Waals surface area (Å²) in [6.07, 6.45) is -0.576. The summed E-state index contributed by atoms with van der Waals surface area (Å²) < 4.78 is 2.12. The molecule has 2 atom stereocenters. The number of aliphatic hydroxyl groups excluding tert-OH is 1. The standard InChI is InChI=1S/C15H23N3O/c1-9(2)10(3)8-18-14-6-5-12(16)7-13(14)17-15(18)11(4)19/h5-7,9-11,19H,8,16H2,1-4H3. The first-order valence-corrected chi connectivity index (χ1v) is 6.84. The quantitative estimate of drug-likeness (QED) is 0.832. The van der Waals surface area contributed by atoms with Crippen LogP contribution in [0.5, 0.6) is 0 Å². The molecule has 4 heteroatoms. The molecule has 0 bridgehead atoms. The number of nitrogens with zero attached hydrogens (tertiary/aromatic N) is 2. The fraction of sp³-hybridized carbons (Fsp3) is 0.533. The molecule has 2 unspecified atom stereocenters. The zero-order chi connectivity index (χ0) is 14.2. The number of nitrogens with two attached hydrogens (primary N) is 1. The summed E-state index contributed by atoms with van der Waals surface area (Å²) in [5.41, 5.74) is 8.39. The number of fused-ring (bicyclic) bond motifs is 1. The minimum absolute atomic E-state index is 0.521. The van der Waals surface area contributed by atoms with Crippen LogP contribution in [-0.4, -0.2) is 14.7 Å². The van der Waals surface area contributed by atoms with Gasteiger partial charge in [0.25, 0.3) is 0 Å². The van der Waals surface area contributed by atoms with Gasteiger partial charge in [0.05, 0.1) is 11.0 Å². The summed E-state index contributed by atoms with van der Waals surface area (Å²) >= 11 is 0. The van der Waals surface area contributed by atoms with Crippen LogP contribution in [0, 0.1) is 11.8 Å². The zero-order valence-corrected chi connectivity index (χ0v) is 12.1. The van der Waals surface area contributed by atoms with E-state index in [1.807, 2.05) is 18.2 Å². The number of nitrogen functional groups attached to an aromatic ring is 1. The Morgan fingerprint density at radius 2 is 1.95 bits per heavy atom. The fourth-order valence-corrected chi connectivity index (χ4v) is 2.18. The second-order valence-corrected chi connectivity index (χ2v) is 5.73. The Kier molecular flexibility index (Phi) is 3.80. The lowest BCUT2D eigenvalue weighted by Crippen LogP contribution is -2.16. The summed E-state index contributed by atoms with van der Waals surface area (Å²) in [5.74, 6) is 1.83. The summed E-state index contributed by atoms with van der Waals surface area (Å²) in [4.78, 5) is 4.52. The molecule has 1 aromatic heterocycles. The van der Waals surface area contributed by atoms with Crippen molar-refractivity contribution in [2.75, 3.05) is 5.73 Å². The predicted octanol–water partition coefficient (Wildman–Crippen LogP) is 2.96. The van der Waals surface area contributed by atoms with Gasteiger partial charge in [-0.2, -0.15) is 0 Å². The van der Waals surface area contributed by atoms with Crippen molar-refractivity contribution >= 4 is 16.7 Å². The lowest BCUT2D eigenvalue weighted by molar-refractivity contribution is 0.181. The topological polar surface area (TPSA) is 64.1 Å². The summed E-state index contributed by atoms with van der Waals surface area (Å²) in [7, 11) is 0. The Morgan fingerprint density at radius 1 is 1.26 bits per heavy atom. The van der Waals surface area contributed by atoms with Crippen LogP contribution in [-0.2, 0) is 6.54 Å². The largest absolute Gasteiger partial charge is 0.399 e. The van der Waals surface area contributed by atoms with E-state index in [1.54, 1.807) is 6.92 Å². The molecule has 0 spiro atoms. The van der Waals surface area contributed by atoms with E-state index in [0.717, 1.165) is 17.6 Å². The van der Waals surface area contributed by atoms with E-state index in [4.69, 9.17) is 5.73 Å². The molecule has 0 fully saturated rings. The highest BCUT2D eigenvalue weighted by atomic mass is 16.3. The lowest BCUT2D eigenvalue weighted by Gasteiger charge is -2.19. The molecule has 4 nitrogen and oxygen atoms in total. The molecule has 1 aromatic carbocycles. The number of hydrogen-bond acceptors (Lipinski definition) is 3. The molecule has 0 radical (unpaired) electrons. The predicted molar refractivity (Wildman–Crippen MR) is 78.8 cm³/mol. The summed E-state index contributed by atoms with van der Waals surface area (Å²) in [5, 5.41) is 9.91. The van der Waals surface area contributed by atoms with E-state index < -0.39 is 6.10 Å². The van der Waals surface area contributed by atoms with Gasteiger partial charge >= 0.3 is 0 Å². The minimum Gasteiger partial charge on any atom is -0.399 e. The highest BCUT2D eigenvalue weighted by molar-refractivity contribution is 5.79. The van der Waals surface area contributed by atoms with Crippen molar-refractivity contribution in [1.29, 1.82) is 0 Å². The van der Waals surface area contributed by atoms with Crippen molar-refractivity contribution in [2.45, 2.75) is 40.3 Å². The molecule has 0 saturated heterocycles. The van der Waals surface area contributed by atoms with Gasteiger partial charge < -0.3 is 15.4 Å². The zero-order valence-electron chi connectivity index (χ0n) is 12.1. The number of anilines is 1. The van der Waals surface area contributed by atoms with Crippen LogP contribution < -0.4 is 5.73 Å². The highest BCUT2D eigenvalue weighted by Gasteiger charge is 2.18. The lowest BCUT2D eigenvalue weighted by atomic mass is 9.98. The average molecular weight is 261 g/mol. The van der Waals surface area contributed by atoms with Crippen molar-refractivity contribution in [3.8, 4) is 0 Å². The normalized spacial score (nSPS) is 15.1. The van der Waals surface area contributed by atoms with Crippen molar-refractivity contribution < 1.29 is 5.11 Å². The molecule has 1 heterocycles. The monoisotopic (exact) mass is 261 g/mol. The highest BCUT2D eigenvalue weighted by Crippen LogP contribution is 2.25. The molecule has 104 valence electrons. The third-order valence-corrected chi connectivity index (χ3v) is 3.78. The van der Waals surface area contributed by atoms with E-state index in [0.29, 0.717) is 23.3 Å². The van der Waals surface area contributed by atoms with Crippen molar-refractivity contribution in [3.05, 3.63) is 24.0 Å². The van der Waals surface area contributed by atoms with Crippen LogP contribution in [0.2, 0.25) is 0 Å². The van der Waals surface area contributed by atoms with Gasteiger partial charge in [-0.15, -0.1) is 0 Å². The van der Waals surface area contributed by atoms with Crippen LogP contribution in [0.4, 0.5) is 5.69 Å². The second kappa shape index (κ2) is 5.21.